The standard InChI is InChI=1S/C27H33ClN2O4S/c28-20-7-9-21(10-8-20)34-18-24-23-12-15-35-25(23)11-13-30(24)26(31)17-29(16-22-6-3-14-33-22)27(32)19-4-1-2-5-19/h7-10,12,15,19,22,24H,1-6,11,13-14,16-18H2/t22-,24+/m1/s1. The van der Waals surface area contributed by atoms with E-state index in [4.69, 9.17) is 21.1 Å². The third kappa shape index (κ3) is 5.84. The van der Waals surface area contributed by atoms with Gasteiger partial charge in [0.25, 0.3) is 0 Å². The molecule has 2 atom stereocenters. The zero-order chi connectivity index (χ0) is 24.2. The van der Waals surface area contributed by atoms with Crippen LogP contribution in [0.15, 0.2) is 35.7 Å². The molecule has 0 N–H and O–H groups in total. The Labute approximate surface area is 216 Å². The van der Waals surface area contributed by atoms with E-state index in [1.165, 1.54) is 4.88 Å². The molecule has 1 aromatic carbocycles. The van der Waals surface area contributed by atoms with E-state index in [1.807, 2.05) is 17.0 Å². The van der Waals surface area contributed by atoms with Crippen LogP contribution in [0.5, 0.6) is 5.75 Å². The number of thiophene rings is 1. The molecule has 2 aliphatic heterocycles. The largest absolute Gasteiger partial charge is 0.491 e. The van der Waals surface area contributed by atoms with Gasteiger partial charge >= 0.3 is 0 Å². The van der Waals surface area contributed by atoms with Gasteiger partial charge in [-0.2, -0.15) is 0 Å². The van der Waals surface area contributed by atoms with Gasteiger partial charge in [-0.3, -0.25) is 9.59 Å². The van der Waals surface area contributed by atoms with E-state index in [9.17, 15) is 9.59 Å². The fourth-order valence-corrected chi connectivity index (χ4v) is 6.59. The third-order valence-electron chi connectivity index (χ3n) is 7.43. The molecule has 1 saturated heterocycles. The van der Waals surface area contributed by atoms with Crippen molar-refractivity contribution in [2.24, 2.45) is 5.92 Å². The molecule has 35 heavy (non-hydrogen) atoms. The second-order valence-corrected chi connectivity index (χ2v) is 11.2. The summed E-state index contributed by atoms with van der Waals surface area (Å²) in [5.41, 5.74) is 1.15. The lowest BCUT2D eigenvalue weighted by Gasteiger charge is -2.37. The van der Waals surface area contributed by atoms with Gasteiger partial charge in [0.15, 0.2) is 0 Å². The molecule has 2 aromatic rings. The predicted molar refractivity (Wildman–Crippen MR) is 137 cm³/mol. The number of hydrogen-bond donors (Lipinski definition) is 0. The average Bonchev–Trinajstić information content (AvgIpc) is 3.65. The van der Waals surface area contributed by atoms with Crippen molar-refractivity contribution in [1.82, 2.24) is 9.80 Å². The smallest absolute Gasteiger partial charge is 0.242 e. The van der Waals surface area contributed by atoms with Crippen LogP contribution in [0.3, 0.4) is 0 Å². The van der Waals surface area contributed by atoms with Gasteiger partial charge in [-0.15, -0.1) is 11.3 Å². The van der Waals surface area contributed by atoms with E-state index in [2.05, 4.69) is 11.4 Å². The number of carbonyl (C=O) groups is 2. The minimum absolute atomic E-state index is 0.0177. The normalized spacial score (nSPS) is 22.3. The van der Waals surface area contributed by atoms with Crippen LogP contribution in [0.1, 0.15) is 55.0 Å². The average molecular weight is 517 g/mol. The van der Waals surface area contributed by atoms with Gasteiger partial charge < -0.3 is 19.3 Å². The van der Waals surface area contributed by atoms with Crippen molar-refractivity contribution in [2.45, 2.75) is 57.1 Å². The van der Waals surface area contributed by atoms with Crippen molar-refractivity contribution in [3.8, 4) is 5.75 Å². The van der Waals surface area contributed by atoms with Gasteiger partial charge in [0.05, 0.1) is 18.7 Å². The molecule has 1 saturated carbocycles. The molecule has 2 fully saturated rings. The molecule has 0 radical (unpaired) electrons. The minimum Gasteiger partial charge on any atom is -0.491 e. The maximum Gasteiger partial charge on any atom is 0.242 e. The molecule has 3 aliphatic rings. The lowest BCUT2D eigenvalue weighted by Crippen LogP contribution is -2.50. The maximum atomic E-state index is 13.7. The summed E-state index contributed by atoms with van der Waals surface area (Å²) in [5, 5.41) is 2.74. The van der Waals surface area contributed by atoms with Crippen LogP contribution in [0.4, 0.5) is 0 Å². The summed E-state index contributed by atoms with van der Waals surface area (Å²) in [6, 6.07) is 9.20. The van der Waals surface area contributed by atoms with Crippen molar-refractivity contribution in [3.63, 3.8) is 0 Å². The lowest BCUT2D eigenvalue weighted by molar-refractivity contribution is -0.146. The number of rotatable bonds is 8. The van der Waals surface area contributed by atoms with Gasteiger partial charge in [-0.25, -0.2) is 0 Å². The molecule has 1 aliphatic carbocycles. The van der Waals surface area contributed by atoms with Crippen LogP contribution in [0.25, 0.3) is 0 Å². The highest BCUT2D eigenvalue weighted by molar-refractivity contribution is 7.10. The number of amides is 2. The Morgan fingerprint density at radius 1 is 1.11 bits per heavy atom. The third-order valence-corrected chi connectivity index (χ3v) is 8.68. The van der Waals surface area contributed by atoms with Gasteiger partial charge in [0.1, 0.15) is 12.4 Å². The number of nitrogens with zero attached hydrogens (tertiary/aromatic N) is 2. The van der Waals surface area contributed by atoms with Gasteiger partial charge in [0, 0.05) is 35.5 Å². The maximum absolute atomic E-state index is 13.7. The van der Waals surface area contributed by atoms with E-state index in [0.29, 0.717) is 24.7 Å². The van der Waals surface area contributed by atoms with E-state index in [0.717, 1.165) is 62.9 Å². The highest BCUT2D eigenvalue weighted by Gasteiger charge is 2.36. The van der Waals surface area contributed by atoms with E-state index < -0.39 is 0 Å². The monoisotopic (exact) mass is 516 g/mol. The second-order valence-electron chi connectivity index (χ2n) is 9.75. The van der Waals surface area contributed by atoms with Crippen molar-refractivity contribution in [1.29, 1.82) is 0 Å². The number of hydrogen-bond acceptors (Lipinski definition) is 5. The van der Waals surface area contributed by atoms with Gasteiger partial charge in [0.2, 0.25) is 11.8 Å². The fraction of sp³-hybridized carbons (Fsp3) is 0.556. The first-order valence-corrected chi connectivity index (χ1v) is 14.0. The number of benzene rings is 1. The van der Waals surface area contributed by atoms with Crippen molar-refractivity contribution >= 4 is 34.8 Å². The highest BCUT2D eigenvalue weighted by atomic mass is 35.5. The first kappa shape index (κ1) is 24.6. The van der Waals surface area contributed by atoms with Crippen LogP contribution in [-0.2, 0) is 20.7 Å². The molecule has 0 unspecified atom stereocenters. The number of carbonyl (C=O) groups excluding carboxylic acids is 2. The molecule has 6 nitrogen and oxygen atoms in total. The summed E-state index contributed by atoms with van der Waals surface area (Å²) in [5.74, 6) is 0.864. The molecular formula is C27H33ClN2O4S. The number of halogens is 1. The lowest BCUT2D eigenvalue weighted by atomic mass is 10.00. The Morgan fingerprint density at radius 3 is 2.66 bits per heavy atom. The molecule has 8 heteroatoms. The summed E-state index contributed by atoms with van der Waals surface area (Å²) in [4.78, 5) is 32.1. The van der Waals surface area contributed by atoms with E-state index >= 15 is 0 Å². The van der Waals surface area contributed by atoms with Crippen LogP contribution >= 0.6 is 22.9 Å². The summed E-state index contributed by atoms with van der Waals surface area (Å²) in [7, 11) is 0. The molecular weight excluding hydrogens is 484 g/mol. The quantitative estimate of drug-likeness (QED) is 0.489. The highest BCUT2D eigenvalue weighted by Crippen LogP contribution is 2.34. The molecule has 0 bridgehead atoms. The van der Waals surface area contributed by atoms with E-state index in [-0.39, 0.29) is 36.4 Å². The van der Waals surface area contributed by atoms with Gasteiger partial charge in [-0.1, -0.05) is 24.4 Å². The van der Waals surface area contributed by atoms with Crippen LogP contribution in [0, 0.1) is 5.92 Å². The molecule has 188 valence electrons. The fourth-order valence-electron chi connectivity index (χ4n) is 5.53. The Morgan fingerprint density at radius 2 is 1.91 bits per heavy atom. The van der Waals surface area contributed by atoms with E-state index in [1.54, 1.807) is 28.4 Å². The topological polar surface area (TPSA) is 59.1 Å². The zero-order valence-electron chi connectivity index (χ0n) is 20.0. The zero-order valence-corrected chi connectivity index (χ0v) is 21.6. The SMILES string of the molecule is O=C(C1CCCC1)N(CC(=O)N1CCc2sccc2[C@@H]1COc1ccc(Cl)cc1)C[C@H]1CCCO1. The summed E-state index contributed by atoms with van der Waals surface area (Å²) in [6.07, 6.45) is 6.86. The number of fused-ring (bicyclic) bond motifs is 1. The van der Waals surface area contributed by atoms with Crippen LogP contribution < -0.4 is 4.74 Å². The second kappa shape index (κ2) is 11.3. The first-order chi connectivity index (χ1) is 17.1. The molecule has 1 aromatic heterocycles. The van der Waals surface area contributed by atoms with Gasteiger partial charge in [-0.05, 0) is 73.4 Å². The Kier molecular flexibility index (Phi) is 7.95. The minimum atomic E-state index is -0.181. The summed E-state index contributed by atoms with van der Waals surface area (Å²) >= 11 is 7.74. The molecule has 5 rings (SSSR count). The Hall–Kier alpha value is -2.09. The molecule has 0 spiro atoms. The Bertz CT molecular complexity index is 1010. The molecule has 3 heterocycles. The van der Waals surface area contributed by atoms with Crippen molar-refractivity contribution in [3.05, 3.63) is 51.2 Å². The summed E-state index contributed by atoms with van der Waals surface area (Å²) in [6.45, 7) is 2.34. The first-order valence-electron chi connectivity index (χ1n) is 12.7. The number of ether oxygens (including phenoxy) is 2. The van der Waals surface area contributed by atoms with Crippen LogP contribution in [-0.4, -0.2) is 60.6 Å². The predicted octanol–water partition coefficient (Wildman–Crippen LogP) is 5.10. The van der Waals surface area contributed by atoms with Crippen molar-refractivity contribution < 1.29 is 19.1 Å². The van der Waals surface area contributed by atoms with Crippen molar-refractivity contribution in [2.75, 3.05) is 32.8 Å². The van der Waals surface area contributed by atoms with Crippen LogP contribution in [0.2, 0.25) is 5.02 Å². The Balaban J connectivity index is 1.31. The summed E-state index contributed by atoms with van der Waals surface area (Å²) < 4.78 is 11.9. The molecule has 2 amide bonds.